The number of hydrogen-bond donors (Lipinski definition) is 0. The molecule has 0 aromatic heterocycles. The van der Waals surface area contributed by atoms with Gasteiger partial charge in [-0.2, -0.15) is 0 Å². The van der Waals surface area contributed by atoms with Crippen LogP contribution >= 0.6 is 23.2 Å². The quantitative estimate of drug-likeness (QED) is 0.518. The number of anilines is 1. The monoisotopic (exact) mass is 465 g/mol. The molecule has 6 nitrogen and oxygen atoms in total. The normalized spacial score (nSPS) is 17.2. The van der Waals surface area contributed by atoms with E-state index in [2.05, 4.69) is 6.92 Å². The molecule has 2 aliphatic rings. The van der Waals surface area contributed by atoms with E-state index in [4.69, 9.17) is 42.1 Å². The van der Waals surface area contributed by atoms with Gasteiger partial charge in [0.15, 0.2) is 11.5 Å². The SMILES string of the molecule is CCCCOc1ccc(CN2C(=O)C3(OCCCO3)c3ccc(Cl)c(Cl)c32)cc1OC. The standard InChI is InChI=1S/C23H25Cl2NO5/c1-3-4-10-29-18-9-6-15(13-19(18)28-2)14-26-21-16(7-8-17(24)20(21)25)23(22(26)27)30-11-5-12-31-23/h6-9,13H,3-5,10-12,14H2,1-2H3. The topological polar surface area (TPSA) is 57.2 Å². The molecule has 0 bridgehead atoms. The number of halogens is 2. The van der Waals surface area contributed by atoms with Gasteiger partial charge in [-0.15, -0.1) is 0 Å². The lowest BCUT2D eigenvalue weighted by molar-refractivity contribution is -0.256. The van der Waals surface area contributed by atoms with Crippen molar-refractivity contribution in [2.24, 2.45) is 0 Å². The van der Waals surface area contributed by atoms with E-state index in [1.54, 1.807) is 24.1 Å². The lowest BCUT2D eigenvalue weighted by Crippen LogP contribution is -2.47. The summed E-state index contributed by atoms with van der Waals surface area (Å²) >= 11 is 12.8. The molecule has 0 atom stereocenters. The van der Waals surface area contributed by atoms with Crippen LogP contribution < -0.4 is 14.4 Å². The highest BCUT2D eigenvalue weighted by Gasteiger charge is 2.55. The van der Waals surface area contributed by atoms with Crippen molar-refractivity contribution in [3.63, 3.8) is 0 Å². The number of nitrogens with zero attached hydrogens (tertiary/aromatic N) is 1. The lowest BCUT2D eigenvalue weighted by atomic mass is 10.1. The maximum absolute atomic E-state index is 13.5. The molecule has 2 aromatic carbocycles. The van der Waals surface area contributed by atoms with Crippen LogP contribution in [0, 0.1) is 0 Å². The zero-order chi connectivity index (χ0) is 22.0. The summed E-state index contributed by atoms with van der Waals surface area (Å²) in [6.45, 7) is 3.84. The Morgan fingerprint density at radius 3 is 2.61 bits per heavy atom. The first-order valence-corrected chi connectivity index (χ1v) is 11.2. The van der Waals surface area contributed by atoms with Crippen LogP contribution in [0.15, 0.2) is 30.3 Å². The van der Waals surface area contributed by atoms with Crippen LogP contribution in [0.4, 0.5) is 5.69 Å². The van der Waals surface area contributed by atoms with E-state index >= 15 is 0 Å². The molecule has 8 heteroatoms. The Morgan fingerprint density at radius 1 is 1.13 bits per heavy atom. The highest BCUT2D eigenvalue weighted by atomic mass is 35.5. The maximum atomic E-state index is 13.5. The first-order valence-electron chi connectivity index (χ1n) is 10.4. The molecule has 166 valence electrons. The Balaban J connectivity index is 1.67. The molecule has 1 amide bonds. The highest BCUT2D eigenvalue weighted by molar-refractivity contribution is 6.44. The molecule has 1 spiro atoms. The van der Waals surface area contributed by atoms with Crippen molar-refractivity contribution in [2.45, 2.75) is 38.5 Å². The third kappa shape index (κ3) is 3.98. The third-order valence-corrected chi connectivity index (χ3v) is 6.24. The van der Waals surface area contributed by atoms with E-state index in [0.717, 1.165) is 24.8 Å². The molecular weight excluding hydrogens is 441 g/mol. The van der Waals surface area contributed by atoms with Crippen molar-refractivity contribution in [1.82, 2.24) is 0 Å². The fourth-order valence-corrected chi connectivity index (χ4v) is 4.28. The van der Waals surface area contributed by atoms with Gasteiger partial charge >= 0.3 is 0 Å². The van der Waals surface area contributed by atoms with Crippen molar-refractivity contribution >= 4 is 34.8 Å². The van der Waals surface area contributed by atoms with Crippen LogP contribution in [0.3, 0.4) is 0 Å². The second-order valence-electron chi connectivity index (χ2n) is 7.50. The van der Waals surface area contributed by atoms with Crippen LogP contribution in [0.1, 0.15) is 37.3 Å². The van der Waals surface area contributed by atoms with Gasteiger partial charge < -0.3 is 23.8 Å². The number of rotatable bonds is 7. The van der Waals surface area contributed by atoms with E-state index in [-0.39, 0.29) is 12.5 Å². The minimum Gasteiger partial charge on any atom is -0.493 e. The van der Waals surface area contributed by atoms with Crippen molar-refractivity contribution in [3.8, 4) is 11.5 Å². The van der Waals surface area contributed by atoms with E-state index in [9.17, 15) is 4.79 Å². The number of hydrogen-bond acceptors (Lipinski definition) is 5. The summed E-state index contributed by atoms with van der Waals surface area (Å²) in [5, 5.41) is 0.664. The summed E-state index contributed by atoms with van der Waals surface area (Å²) in [4.78, 5) is 15.1. The summed E-state index contributed by atoms with van der Waals surface area (Å²) in [6.07, 6.45) is 2.74. The molecular formula is C23H25Cl2NO5. The second-order valence-corrected chi connectivity index (χ2v) is 8.29. The molecule has 2 aliphatic heterocycles. The first-order chi connectivity index (χ1) is 15.0. The Morgan fingerprint density at radius 2 is 1.90 bits per heavy atom. The van der Waals surface area contributed by atoms with Gasteiger partial charge in [0, 0.05) is 5.56 Å². The maximum Gasteiger partial charge on any atom is 0.292 e. The summed E-state index contributed by atoms with van der Waals surface area (Å²) in [6, 6.07) is 9.03. The fourth-order valence-electron chi connectivity index (χ4n) is 3.86. The molecule has 0 saturated carbocycles. The predicted molar refractivity (Wildman–Crippen MR) is 119 cm³/mol. The number of fused-ring (bicyclic) bond motifs is 2. The Hall–Kier alpha value is -1.99. The van der Waals surface area contributed by atoms with Crippen LogP contribution in [-0.2, 0) is 26.6 Å². The number of amides is 1. The highest BCUT2D eigenvalue weighted by Crippen LogP contribution is 2.50. The number of carbonyl (C=O) groups excluding carboxylic acids is 1. The van der Waals surface area contributed by atoms with Crippen LogP contribution in [0.2, 0.25) is 10.0 Å². The number of benzene rings is 2. The van der Waals surface area contributed by atoms with Crippen molar-refractivity contribution in [3.05, 3.63) is 51.5 Å². The van der Waals surface area contributed by atoms with Crippen LogP contribution in [0.5, 0.6) is 11.5 Å². The summed E-state index contributed by atoms with van der Waals surface area (Å²) in [5.74, 6) is -0.509. The number of ether oxygens (including phenoxy) is 4. The summed E-state index contributed by atoms with van der Waals surface area (Å²) in [7, 11) is 1.59. The van der Waals surface area contributed by atoms with Crippen molar-refractivity contribution in [1.29, 1.82) is 0 Å². The molecule has 0 N–H and O–H groups in total. The van der Waals surface area contributed by atoms with E-state index in [1.807, 2.05) is 18.2 Å². The molecule has 1 saturated heterocycles. The molecule has 0 unspecified atom stereocenters. The molecule has 4 rings (SSSR count). The van der Waals surface area contributed by atoms with E-state index in [0.29, 0.717) is 52.6 Å². The molecule has 2 aromatic rings. The Kier molecular flexibility index (Phi) is 6.63. The van der Waals surface area contributed by atoms with Gasteiger partial charge in [0.2, 0.25) is 0 Å². The van der Waals surface area contributed by atoms with Crippen LogP contribution in [-0.4, -0.2) is 32.8 Å². The molecule has 31 heavy (non-hydrogen) atoms. The average Bonchev–Trinajstić information content (AvgIpc) is 3.00. The van der Waals surface area contributed by atoms with Crippen molar-refractivity contribution in [2.75, 3.05) is 31.8 Å². The van der Waals surface area contributed by atoms with Gasteiger partial charge in [-0.3, -0.25) is 4.79 Å². The smallest absolute Gasteiger partial charge is 0.292 e. The van der Waals surface area contributed by atoms with Gasteiger partial charge in [-0.25, -0.2) is 0 Å². The van der Waals surface area contributed by atoms with Crippen LogP contribution in [0.25, 0.3) is 0 Å². The summed E-state index contributed by atoms with van der Waals surface area (Å²) < 4.78 is 23.1. The van der Waals surface area contributed by atoms with Gasteiger partial charge in [0.05, 0.1) is 49.2 Å². The van der Waals surface area contributed by atoms with Gasteiger partial charge in [-0.1, -0.05) is 42.6 Å². The molecule has 2 heterocycles. The van der Waals surface area contributed by atoms with Crippen molar-refractivity contribution < 1.29 is 23.7 Å². The predicted octanol–water partition coefficient (Wildman–Crippen LogP) is 5.32. The first kappa shape index (κ1) is 22.2. The van der Waals surface area contributed by atoms with Gasteiger partial charge in [0.25, 0.3) is 11.7 Å². The zero-order valence-corrected chi connectivity index (χ0v) is 19.1. The fraction of sp³-hybridized carbons (Fsp3) is 0.435. The number of carbonyl (C=O) groups is 1. The largest absolute Gasteiger partial charge is 0.493 e. The minimum absolute atomic E-state index is 0.256. The van der Waals surface area contributed by atoms with E-state index in [1.165, 1.54) is 0 Å². The number of methoxy groups -OCH3 is 1. The molecule has 0 aliphatic carbocycles. The zero-order valence-electron chi connectivity index (χ0n) is 17.6. The number of unbranched alkanes of at least 4 members (excludes halogenated alkanes) is 1. The minimum atomic E-state index is -1.48. The van der Waals surface area contributed by atoms with E-state index < -0.39 is 5.79 Å². The average molecular weight is 466 g/mol. The lowest BCUT2D eigenvalue weighted by Gasteiger charge is -2.32. The molecule has 0 radical (unpaired) electrons. The summed E-state index contributed by atoms with van der Waals surface area (Å²) in [5.41, 5.74) is 1.95. The second kappa shape index (κ2) is 9.25. The Labute approximate surface area is 191 Å². The van der Waals surface area contributed by atoms with Gasteiger partial charge in [-0.05, 0) is 42.7 Å². The van der Waals surface area contributed by atoms with Gasteiger partial charge in [0.1, 0.15) is 0 Å². The third-order valence-electron chi connectivity index (χ3n) is 5.44. The molecule has 1 fully saturated rings. The Bertz CT molecular complexity index is 975.